The molecule has 0 aliphatic carbocycles. The molecule has 0 heterocycles. The van der Waals surface area contributed by atoms with E-state index in [0.29, 0.717) is 0 Å². The van der Waals surface area contributed by atoms with Crippen molar-refractivity contribution >= 4 is 27.5 Å². The second-order valence-corrected chi connectivity index (χ2v) is 5.68. The molecule has 0 fully saturated rings. The SMILES string of the molecule is CC(Nc1ccc(CC(N)=O)cc1)c1cccc(Br)c1. The smallest absolute Gasteiger partial charge is 0.221 e. The lowest BCUT2D eigenvalue weighted by Gasteiger charge is -2.16. The van der Waals surface area contributed by atoms with E-state index < -0.39 is 0 Å². The lowest BCUT2D eigenvalue weighted by atomic mass is 10.1. The maximum absolute atomic E-state index is 10.9. The summed E-state index contributed by atoms with van der Waals surface area (Å²) in [5.74, 6) is -0.312. The van der Waals surface area contributed by atoms with Crippen molar-refractivity contribution in [3.8, 4) is 0 Å². The van der Waals surface area contributed by atoms with Crippen LogP contribution >= 0.6 is 15.9 Å². The molecule has 1 amide bonds. The molecule has 0 saturated heterocycles. The average molecular weight is 333 g/mol. The van der Waals surface area contributed by atoms with Crippen molar-refractivity contribution < 1.29 is 4.79 Å². The van der Waals surface area contributed by atoms with Crippen molar-refractivity contribution in [1.82, 2.24) is 0 Å². The summed E-state index contributed by atoms with van der Waals surface area (Å²) in [4.78, 5) is 10.9. The number of hydrogen-bond donors (Lipinski definition) is 2. The number of anilines is 1. The topological polar surface area (TPSA) is 55.1 Å². The predicted molar refractivity (Wildman–Crippen MR) is 85.5 cm³/mol. The summed E-state index contributed by atoms with van der Waals surface area (Å²) in [6.07, 6.45) is 0.279. The van der Waals surface area contributed by atoms with Gasteiger partial charge in [-0.1, -0.05) is 40.2 Å². The number of carbonyl (C=O) groups excluding carboxylic acids is 1. The molecule has 0 spiro atoms. The van der Waals surface area contributed by atoms with Gasteiger partial charge in [0.1, 0.15) is 0 Å². The van der Waals surface area contributed by atoms with E-state index in [1.54, 1.807) is 0 Å². The molecule has 0 saturated carbocycles. The number of benzene rings is 2. The first-order chi connectivity index (χ1) is 9.54. The molecule has 4 heteroatoms. The molecule has 0 bridgehead atoms. The van der Waals surface area contributed by atoms with Gasteiger partial charge >= 0.3 is 0 Å². The Morgan fingerprint density at radius 1 is 1.25 bits per heavy atom. The van der Waals surface area contributed by atoms with Gasteiger partial charge in [0.2, 0.25) is 5.91 Å². The van der Waals surface area contributed by atoms with E-state index in [1.165, 1.54) is 5.56 Å². The monoisotopic (exact) mass is 332 g/mol. The van der Waals surface area contributed by atoms with Crippen molar-refractivity contribution in [2.45, 2.75) is 19.4 Å². The molecule has 1 atom stereocenters. The van der Waals surface area contributed by atoms with Gasteiger partial charge in [-0.15, -0.1) is 0 Å². The molecule has 2 aromatic rings. The zero-order valence-corrected chi connectivity index (χ0v) is 12.9. The molecular formula is C16H17BrN2O. The molecule has 3 N–H and O–H groups in total. The number of carbonyl (C=O) groups is 1. The maximum atomic E-state index is 10.9. The van der Waals surface area contributed by atoms with Crippen molar-refractivity contribution in [2.75, 3.05) is 5.32 Å². The summed E-state index contributed by atoms with van der Waals surface area (Å²) in [7, 11) is 0. The van der Waals surface area contributed by atoms with E-state index in [-0.39, 0.29) is 18.4 Å². The Labute approximate surface area is 127 Å². The van der Waals surface area contributed by atoms with Gasteiger partial charge in [0.05, 0.1) is 6.42 Å². The first-order valence-corrected chi connectivity index (χ1v) is 7.23. The zero-order valence-electron chi connectivity index (χ0n) is 11.3. The summed E-state index contributed by atoms with van der Waals surface area (Å²) in [6.45, 7) is 2.11. The highest BCUT2D eigenvalue weighted by Crippen LogP contribution is 2.22. The van der Waals surface area contributed by atoms with Crippen molar-refractivity contribution in [2.24, 2.45) is 5.73 Å². The molecule has 0 aromatic heterocycles. The van der Waals surface area contributed by atoms with Gasteiger partial charge in [0.15, 0.2) is 0 Å². The van der Waals surface area contributed by atoms with E-state index in [1.807, 2.05) is 36.4 Å². The van der Waals surface area contributed by atoms with Crippen LogP contribution in [0.5, 0.6) is 0 Å². The molecule has 0 aliphatic heterocycles. The number of amides is 1. The van der Waals surface area contributed by atoms with Gasteiger partial charge in [-0.05, 0) is 42.3 Å². The van der Waals surface area contributed by atoms with Crippen LogP contribution in [0.4, 0.5) is 5.69 Å². The van der Waals surface area contributed by atoms with Gasteiger partial charge in [-0.3, -0.25) is 4.79 Å². The Kier molecular flexibility index (Phi) is 4.79. The Balaban J connectivity index is 2.04. The summed E-state index contributed by atoms with van der Waals surface area (Å²) < 4.78 is 1.07. The second kappa shape index (κ2) is 6.57. The number of halogens is 1. The Bertz CT molecular complexity index is 596. The number of nitrogens with one attached hydrogen (secondary N) is 1. The minimum Gasteiger partial charge on any atom is -0.379 e. The third-order valence-corrected chi connectivity index (χ3v) is 3.56. The maximum Gasteiger partial charge on any atom is 0.221 e. The van der Waals surface area contributed by atoms with E-state index in [9.17, 15) is 4.79 Å². The van der Waals surface area contributed by atoms with Crippen LogP contribution in [0.2, 0.25) is 0 Å². The molecule has 1 unspecified atom stereocenters. The number of nitrogens with two attached hydrogens (primary N) is 1. The first-order valence-electron chi connectivity index (χ1n) is 6.44. The van der Waals surface area contributed by atoms with Crippen LogP contribution in [0.15, 0.2) is 53.0 Å². The summed E-state index contributed by atoms with van der Waals surface area (Å²) in [5.41, 5.74) is 8.33. The third kappa shape index (κ3) is 4.10. The predicted octanol–water partition coefficient (Wildman–Crippen LogP) is 3.65. The van der Waals surface area contributed by atoms with Crippen LogP contribution in [-0.4, -0.2) is 5.91 Å². The Hall–Kier alpha value is -1.81. The van der Waals surface area contributed by atoms with Crippen molar-refractivity contribution in [3.05, 3.63) is 64.1 Å². The molecule has 2 rings (SSSR count). The normalized spacial score (nSPS) is 11.9. The average Bonchev–Trinajstić information content (AvgIpc) is 2.40. The second-order valence-electron chi connectivity index (χ2n) is 4.76. The number of primary amides is 1. The fraction of sp³-hybridized carbons (Fsp3) is 0.188. The highest BCUT2D eigenvalue weighted by atomic mass is 79.9. The number of rotatable bonds is 5. The van der Waals surface area contributed by atoms with Gasteiger partial charge in [-0.25, -0.2) is 0 Å². The van der Waals surface area contributed by atoms with E-state index in [4.69, 9.17) is 5.73 Å². The third-order valence-electron chi connectivity index (χ3n) is 3.06. The lowest BCUT2D eigenvalue weighted by molar-refractivity contribution is -0.117. The molecule has 0 aliphatic rings. The van der Waals surface area contributed by atoms with Crippen molar-refractivity contribution in [3.63, 3.8) is 0 Å². The van der Waals surface area contributed by atoms with Gasteiger partial charge in [0.25, 0.3) is 0 Å². The molecule has 104 valence electrons. The fourth-order valence-corrected chi connectivity index (χ4v) is 2.45. The van der Waals surface area contributed by atoms with Gasteiger partial charge in [0, 0.05) is 16.2 Å². The van der Waals surface area contributed by atoms with E-state index >= 15 is 0 Å². The van der Waals surface area contributed by atoms with Crippen LogP contribution < -0.4 is 11.1 Å². The minimum atomic E-state index is -0.312. The zero-order chi connectivity index (χ0) is 14.5. The van der Waals surface area contributed by atoms with Gasteiger partial charge < -0.3 is 11.1 Å². The Morgan fingerprint density at radius 3 is 2.55 bits per heavy atom. The van der Waals surface area contributed by atoms with Crippen LogP contribution in [0, 0.1) is 0 Å². The molecule has 2 aromatic carbocycles. The Morgan fingerprint density at radius 2 is 1.95 bits per heavy atom. The van der Waals surface area contributed by atoms with Crippen LogP contribution in [0.1, 0.15) is 24.1 Å². The van der Waals surface area contributed by atoms with Crippen LogP contribution in [0.3, 0.4) is 0 Å². The lowest BCUT2D eigenvalue weighted by Crippen LogP contribution is -2.13. The first kappa shape index (κ1) is 14.6. The molecule has 20 heavy (non-hydrogen) atoms. The van der Waals surface area contributed by atoms with Crippen molar-refractivity contribution in [1.29, 1.82) is 0 Å². The minimum absolute atomic E-state index is 0.203. The largest absolute Gasteiger partial charge is 0.379 e. The highest BCUT2D eigenvalue weighted by molar-refractivity contribution is 9.10. The van der Waals surface area contributed by atoms with Crippen LogP contribution in [-0.2, 0) is 11.2 Å². The van der Waals surface area contributed by atoms with Crippen LogP contribution in [0.25, 0.3) is 0 Å². The fourth-order valence-electron chi connectivity index (χ4n) is 2.03. The van der Waals surface area contributed by atoms with Gasteiger partial charge in [-0.2, -0.15) is 0 Å². The van der Waals surface area contributed by atoms with E-state index in [2.05, 4.69) is 40.3 Å². The standard InChI is InChI=1S/C16H17BrN2O/c1-11(13-3-2-4-14(17)10-13)19-15-7-5-12(6-8-15)9-16(18)20/h2-8,10-11,19H,9H2,1H3,(H2,18,20). The quantitative estimate of drug-likeness (QED) is 0.877. The highest BCUT2D eigenvalue weighted by Gasteiger charge is 2.06. The number of hydrogen-bond acceptors (Lipinski definition) is 2. The summed E-state index contributed by atoms with van der Waals surface area (Å²) >= 11 is 3.48. The molecule has 0 radical (unpaired) electrons. The molecule has 3 nitrogen and oxygen atoms in total. The summed E-state index contributed by atoms with van der Waals surface area (Å²) in [6, 6.07) is 16.2. The molecular weight excluding hydrogens is 316 g/mol. The van der Waals surface area contributed by atoms with E-state index in [0.717, 1.165) is 15.7 Å². The summed E-state index contributed by atoms with van der Waals surface area (Å²) in [5, 5.41) is 3.43.